The molecule has 266 valence electrons. The monoisotopic (exact) mass is 716 g/mol. The van der Waals surface area contributed by atoms with Crippen LogP contribution in [0.15, 0.2) is 174 Å². The van der Waals surface area contributed by atoms with Gasteiger partial charge in [-0.3, -0.25) is 0 Å². The van der Waals surface area contributed by atoms with E-state index in [1.165, 1.54) is 109 Å². The predicted octanol–water partition coefficient (Wildman–Crippen LogP) is 13.5. The Bertz CT molecular complexity index is 3340. The van der Waals surface area contributed by atoms with E-state index in [2.05, 4.69) is 198 Å². The Morgan fingerprint density at radius 1 is 0.464 bits per heavy atom. The number of para-hydroxylation sites is 1. The molecular weight excluding hydrogens is 677 g/mol. The molecule has 11 rings (SSSR count). The van der Waals surface area contributed by atoms with Gasteiger partial charge >= 0.3 is 0 Å². The molecule has 0 amide bonds. The lowest BCUT2D eigenvalue weighted by Gasteiger charge is -2.22. The molecule has 1 heterocycles. The van der Waals surface area contributed by atoms with Crippen molar-refractivity contribution in [3.63, 3.8) is 0 Å². The second-order valence-corrected chi connectivity index (χ2v) is 16.0. The fourth-order valence-electron chi connectivity index (χ4n) is 9.93. The van der Waals surface area contributed by atoms with Gasteiger partial charge in [-0.25, -0.2) is 0 Å². The number of furan rings is 1. The summed E-state index contributed by atoms with van der Waals surface area (Å²) in [4.78, 5) is 0. The maximum atomic E-state index is 6.64. The number of fused-ring (bicyclic) bond motifs is 11. The van der Waals surface area contributed by atoms with Crippen molar-refractivity contribution in [2.75, 3.05) is 0 Å². The SMILES string of the molecule is C/C(c1ccc2c(c1)C(C)(C)c1ccc3ccc4c5ccccc5oc4c3c1-2)=c1/cccc/c1=C(/C)c1c2ccccc2c(-c2ccccc2)c2ccccc12. The van der Waals surface area contributed by atoms with Gasteiger partial charge in [0, 0.05) is 21.6 Å². The van der Waals surface area contributed by atoms with Crippen molar-refractivity contribution >= 4 is 65.4 Å². The van der Waals surface area contributed by atoms with Crippen LogP contribution in [-0.4, -0.2) is 0 Å². The van der Waals surface area contributed by atoms with Gasteiger partial charge in [0.05, 0.1) is 0 Å². The van der Waals surface area contributed by atoms with E-state index >= 15 is 0 Å². The Morgan fingerprint density at radius 3 is 1.77 bits per heavy atom. The van der Waals surface area contributed by atoms with Crippen molar-refractivity contribution in [1.29, 1.82) is 0 Å². The minimum Gasteiger partial charge on any atom is -0.455 e. The van der Waals surface area contributed by atoms with Crippen molar-refractivity contribution < 1.29 is 4.42 Å². The Morgan fingerprint density at radius 2 is 1.05 bits per heavy atom. The molecule has 0 spiro atoms. The van der Waals surface area contributed by atoms with Crippen LogP contribution in [0, 0.1) is 0 Å². The van der Waals surface area contributed by atoms with Crippen molar-refractivity contribution in [2.45, 2.75) is 33.1 Å². The Hall–Kier alpha value is -6.70. The number of hydrogen-bond acceptors (Lipinski definition) is 1. The summed E-state index contributed by atoms with van der Waals surface area (Å²) in [7, 11) is 0. The topological polar surface area (TPSA) is 13.1 Å². The summed E-state index contributed by atoms with van der Waals surface area (Å²) >= 11 is 0. The molecule has 0 saturated heterocycles. The second kappa shape index (κ2) is 12.2. The summed E-state index contributed by atoms with van der Waals surface area (Å²) in [5.74, 6) is 0. The van der Waals surface area contributed by atoms with Crippen LogP contribution in [-0.2, 0) is 5.41 Å². The second-order valence-electron chi connectivity index (χ2n) is 16.0. The van der Waals surface area contributed by atoms with Crippen molar-refractivity contribution in [3.8, 4) is 22.3 Å². The first-order chi connectivity index (χ1) is 27.4. The standard InChI is InChI=1S/C55H40O/c1-33(37-27-30-46-48(32-37)55(3,4)47-31-28-36-26-29-45-40-20-14-15-25-49(40)56-54(45)52(36)53(46)47)38-18-8-9-19-39(38)34(2)50-41-21-10-12-23-43(41)51(35-16-6-5-7-17-35)44-24-13-11-22-42(44)50/h5-32H,1-4H3/b38-33+,39-34+. The normalized spacial score (nSPS) is 14.4. The van der Waals surface area contributed by atoms with Gasteiger partial charge in [0.2, 0.25) is 0 Å². The highest BCUT2D eigenvalue weighted by molar-refractivity contribution is 6.21. The van der Waals surface area contributed by atoms with Crippen LogP contribution in [0.3, 0.4) is 0 Å². The van der Waals surface area contributed by atoms with Crippen LogP contribution in [0.2, 0.25) is 0 Å². The average molecular weight is 717 g/mol. The molecule has 1 nitrogen and oxygen atoms in total. The number of hydrogen-bond donors (Lipinski definition) is 0. The zero-order valence-electron chi connectivity index (χ0n) is 32.1. The van der Waals surface area contributed by atoms with Crippen molar-refractivity contribution in [2.24, 2.45) is 0 Å². The van der Waals surface area contributed by atoms with Gasteiger partial charge in [-0.1, -0.05) is 166 Å². The molecule has 0 unspecified atom stereocenters. The lowest BCUT2D eigenvalue weighted by Crippen LogP contribution is -2.28. The Balaban J connectivity index is 1.15. The van der Waals surface area contributed by atoms with Gasteiger partial charge in [0.25, 0.3) is 0 Å². The molecule has 0 atom stereocenters. The summed E-state index contributed by atoms with van der Waals surface area (Å²) < 4.78 is 6.64. The molecule has 1 heteroatoms. The van der Waals surface area contributed by atoms with Gasteiger partial charge in [-0.15, -0.1) is 0 Å². The lowest BCUT2D eigenvalue weighted by atomic mass is 9.81. The van der Waals surface area contributed by atoms with E-state index in [-0.39, 0.29) is 5.41 Å². The molecule has 1 aromatic heterocycles. The molecule has 0 bridgehead atoms. The molecule has 1 aliphatic carbocycles. The first-order valence-electron chi connectivity index (χ1n) is 19.7. The molecule has 0 N–H and O–H groups in total. The Kier molecular flexibility index (Phi) is 7.10. The zero-order valence-corrected chi connectivity index (χ0v) is 32.1. The molecule has 0 fully saturated rings. The Labute approximate surface area is 326 Å². The van der Waals surface area contributed by atoms with Crippen molar-refractivity contribution in [3.05, 3.63) is 203 Å². The van der Waals surface area contributed by atoms with E-state index in [0.29, 0.717) is 0 Å². The fraction of sp³-hybridized carbons (Fsp3) is 0.0909. The fourth-order valence-corrected chi connectivity index (χ4v) is 9.93. The zero-order chi connectivity index (χ0) is 37.7. The van der Waals surface area contributed by atoms with Gasteiger partial charge < -0.3 is 4.42 Å². The van der Waals surface area contributed by atoms with Crippen LogP contribution >= 0.6 is 0 Å². The van der Waals surface area contributed by atoms with Crippen LogP contribution in [0.1, 0.15) is 49.9 Å². The molecule has 1 aliphatic rings. The van der Waals surface area contributed by atoms with Gasteiger partial charge in [-0.2, -0.15) is 0 Å². The summed E-state index contributed by atoms with van der Waals surface area (Å²) in [5.41, 5.74) is 14.7. The minimum atomic E-state index is -0.177. The maximum absolute atomic E-state index is 6.64. The van der Waals surface area contributed by atoms with Crippen LogP contribution in [0.4, 0.5) is 0 Å². The van der Waals surface area contributed by atoms with Gasteiger partial charge in [-0.05, 0) is 125 Å². The van der Waals surface area contributed by atoms with E-state index in [1.807, 2.05) is 0 Å². The van der Waals surface area contributed by atoms with Crippen LogP contribution < -0.4 is 10.4 Å². The summed E-state index contributed by atoms with van der Waals surface area (Å²) in [5, 5.41) is 12.4. The largest absolute Gasteiger partial charge is 0.455 e. The summed E-state index contributed by atoms with van der Waals surface area (Å²) in [6.07, 6.45) is 0. The van der Waals surface area contributed by atoms with E-state index < -0.39 is 0 Å². The highest BCUT2D eigenvalue weighted by Gasteiger charge is 2.37. The number of rotatable bonds is 3. The maximum Gasteiger partial charge on any atom is 0.143 e. The third-order valence-electron chi connectivity index (χ3n) is 12.7. The molecule has 0 saturated carbocycles. The van der Waals surface area contributed by atoms with E-state index in [1.54, 1.807) is 0 Å². The quantitative estimate of drug-likeness (QED) is 0.166. The highest BCUT2D eigenvalue weighted by Crippen LogP contribution is 2.53. The van der Waals surface area contributed by atoms with Gasteiger partial charge in [0.1, 0.15) is 11.2 Å². The van der Waals surface area contributed by atoms with E-state index in [9.17, 15) is 0 Å². The molecule has 56 heavy (non-hydrogen) atoms. The van der Waals surface area contributed by atoms with Crippen LogP contribution in [0.5, 0.6) is 0 Å². The first kappa shape index (κ1) is 32.7. The summed E-state index contributed by atoms with van der Waals surface area (Å²) in [6, 6.07) is 62.3. The third kappa shape index (κ3) is 4.61. The van der Waals surface area contributed by atoms with E-state index in [0.717, 1.165) is 11.2 Å². The average Bonchev–Trinajstić information content (AvgIpc) is 3.74. The van der Waals surface area contributed by atoms with Gasteiger partial charge in [0.15, 0.2) is 0 Å². The van der Waals surface area contributed by atoms with Crippen molar-refractivity contribution in [1.82, 2.24) is 0 Å². The predicted molar refractivity (Wildman–Crippen MR) is 238 cm³/mol. The minimum absolute atomic E-state index is 0.177. The first-order valence-corrected chi connectivity index (χ1v) is 19.7. The summed E-state index contributed by atoms with van der Waals surface area (Å²) in [6.45, 7) is 9.37. The molecule has 0 aliphatic heterocycles. The lowest BCUT2D eigenvalue weighted by molar-refractivity contribution is 0.660. The van der Waals surface area contributed by atoms with E-state index in [4.69, 9.17) is 4.42 Å². The smallest absolute Gasteiger partial charge is 0.143 e. The number of benzene rings is 9. The highest BCUT2D eigenvalue weighted by atomic mass is 16.3. The molecule has 9 aromatic carbocycles. The molecule has 10 aromatic rings. The molecular formula is C55H40O. The van der Waals surface area contributed by atoms with Crippen LogP contribution in [0.25, 0.3) is 87.7 Å². The third-order valence-corrected chi connectivity index (χ3v) is 12.7. The molecule has 0 radical (unpaired) electrons.